The lowest BCUT2D eigenvalue weighted by Crippen LogP contribution is -1.96. The molecule has 0 aliphatic rings. The highest BCUT2D eigenvalue weighted by Crippen LogP contribution is 2.20. The first-order chi connectivity index (χ1) is 6.66. The summed E-state index contributed by atoms with van der Waals surface area (Å²) in [5.74, 6) is -1.89. The van der Waals surface area contributed by atoms with Crippen LogP contribution in [0, 0.1) is 11.6 Å². The van der Waals surface area contributed by atoms with E-state index < -0.39 is 11.6 Å². The van der Waals surface area contributed by atoms with Crippen molar-refractivity contribution in [3.05, 3.63) is 35.4 Å². The highest BCUT2D eigenvalue weighted by molar-refractivity contribution is 5.64. The van der Waals surface area contributed by atoms with E-state index in [2.05, 4.69) is 0 Å². The molecule has 14 heavy (non-hydrogen) atoms. The Bertz CT molecular complexity index is 350. The standard InChI is InChI=1S/C10H11F2NO/c11-8-4-5-9(13)7(10(8)12)3-1-2-6-14/h1,3-5,14H,2,6,13H2. The van der Waals surface area contributed by atoms with Crippen molar-refractivity contribution in [3.8, 4) is 0 Å². The zero-order chi connectivity index (χ0) is 10.6. The maximum atomic E-state index is 13.1. The van der Waals surface area contributed by atoms with Crippen LogP contribution in [0.2, 0.25) is 0 Å². The summed E-state index contributed by atoms with van der Waals surface area (Å²) in [4.78, 5) is 0. The second kappa shape index (κ2) is 4.72. The van der Waals surface area contributed by atoms with Gasteiger partial charge in [-0.2, -0.15) is 0 Å². The molecule has 0 fully saturated rings. The highest BCUT2D eigenvalue weighted by Gasteiger charge is 2.08. The van der Waals surface area contributed by atoms with Crippen LogP contribution in [0.4, 0.5) is 14.5 Å². The molecule has 1 rings (SSSR count). The lowest BCUT2D eigenvalue weighted by molar-refractivity contribution is 0.303. The molecule has 0 aliphatic carbocycles. The van der Waals surface area contributed by atoms with Crippen molar-refractivity contribution in [2.75, 3.05) is 12.3 Å². The molecule has 0 atom stereocenters. The molecule has 0 aromatic heterocycles. The molecule has 0 amide bonds. The Balaban J connectivity index is 3.00. The van der Waals surface area contributed by atoms with Crippen molar-refractivity contribution >= 4 is 11.8 Å². The van der Waals surface area contributed by atoms with Crippen molar-refractivity contribution in [2.24, 2.45) is 0 Å². The minimum atomic E-state index is -0.959. The molecule has 1 aromatic rings. The summed E-state index contributed by atoms with van der Waals surface area (Å²) in [7, 11) is 0. The topological polar surface area (TPSA) is 46.2 Å². The lowest BCUT2D eigenvalue weighted by atomic mass is 10.1. The summed E-state index contributed by atoms with van der Waals surface area (Å²) in [5.41, 5.74) is 5.66. The second-order valence-electron chi connectivity index (χ2n) is 2.78. The molecule has 76 valence electrons. The van der Waals surface area contributed by atoms with Crippen LogP contribution in [0.25, 0.3) is 6.08 Å². The Kier molecular flexibility index (Phi) is 3.59. The first-order valence-corrected chi connectivity index (χ1v) is 4.17. The molecule has 0 saturated heterocycles. The predicted molar refractivity (Wildman–Crippen MR) is 51.5 cm³/mol. The van der Waals surface area contributed by atoms with Crippen molar-refractivity contribution in [1.82, 2.24) is 0 Å². The average molecular weight is 199 g/mol. The summed E-state index contributed by atoms with van der Waals surface area (Å²) in [6.07, 6.45) is 3.29. The van der Waals surface area contributed by atoms with Gasteiger partial charge < -0.3 is 10.8 Å². The van der Waals surface area contributed by atoms with Crippen molar-refractivity contribution in [3.63, 3.8) is 0 Å². The molecule has 2 nitrogen and oxygen atoms in total. The van der Waals surface area contributed by atoms with Gasteiger partial charge in [0.15, 0.2) is 11.6 Å². The fraction of sp³-hybridized carbons (Fsp3) is 0.200. The van der Waals surface area contributed by atoms with Gasteiger partial charge in [0.2, 0.25) is 0 Å². The van der Waals surface area contributed by atoms with Gasteiger partial charge in [-0.15, -0.1) is 0 Å². The van der Waals surface area contributed by atoms with E-state index in [1.807, 2.05) is 0 Å². The SMILES string of the molecule is Nc1ccc(F)c(F)c1C=CCCO. The van der Waals surface area contributed by atoms with E-state index in [-0.39, 0.29) is 17.9 Å². The van der Waals surface area contributed by atoms with Crippen molar-refractivity contribution in [2.45, 2.75) is 6.42 Å². The summed E-state index contributed by atoms with van der Waals surface area (Å²) >= 11 is 0. The number of halogens is 2. The first-order valence-electron chi connectivity index (χ1n) is 4.17. The zero-order valence-electron chi connectivity index (χ0n) is 7.50. The van der Waals surface area contributed by atoms with Gasteiger partial charge in [0.1, 0.15) is 0 Å². The van der Waals surface area contributed by atoms with Crippen LogP contribution in [-0.4, -0.2) is 11.7 Å². The van der Waals surface area contributed by atoms with Crippen LogP contribution in [-0.2, 0) is 0 Å². The maximum Gasteiger partial charge on any atom is 0.168 e. The number of aliphatic hydroxyl groups excluding tert-OH is 1. The summed E-state index contributed by atoms with van der Waals surface area (Å²) in [6, 6.07) is 2.28. The lowest BCUT2D eigenvalue weighted by Gasteiger charge is -2.02. The summed E-state index contributed by atoms with van der Waals surface area (Å²) in [5, 5.41) is 8.49. The number of benzene rings is 1. The number of nitrogens with two attached hydrogens (primary N) is 1. The van der Waals surface area contributed by atoms with Gasteiger partial charge in [0.25, 0.3) is 0 Å². The van der Waals surface area contributed by atoms with E-state index >= 15 is 0 Å². The van der Waals surface area contributed by atoms with E-state index in [0.717, 1.165) is 6.07 Å². The van der Waals surface area contributed by atoms with E-state index in [0.29, 0.717) is 6.42 Å². The summed E-state index contributed by atoms with van der Waals surface area (Å²) < 4.78 is 25.9. The third-order valence-corrected chi connectivity index (χ3v) is 1.75. The van der Waals surface area contributed by atoms with Crippen LogP contribution in [0.3, 0.4) is 0 Å². The third kappa shape index (κ3) is 2.29. The maximum absolute atomic E-state index is 13.1. The van der Waals surface area contributed by atoms with E-state index in [9.17, 15) is 8.78 Å². The molecule has 0 bridgehead atoms. The predicted octanol–water partition coefficient (Wildman–Crippen LogP) is 1.94. The second-order valence-corrected chi connectivity index (χ2v) is 2.78. The van der Waals surface area contributed by atoms with Crippen LogP contribution in [0.5, 0.6) is 0 Å². The Morgan fingerprint density at radius 3 is 2.71 bits per heavy atom. The molecule has 3 N–H and O–H groups in total. The van der Waals surface area contributed by atoms with Gasteiger partial charge in [-0.1, -0.05) is 12.2 Å². The van der Waals surface area contributed by atoms with Crippen LogP contribution in [0.1, 0.15) is 12.0 Å². The monoisotopic (exact) mass is 199 g/mol. The van der Waals surface area contributed by atoms with Crippen molar-refractivity contribution in [1.29, 1.82) is 0 Å². The first kappa shape index (κ1) is 10.7. The Labute approximate surface area is 80.7 Å². The molecule has 0 spiro atoms. The number of anilines is 1. The van der Waals surface area contributed by atoms with Gasteiger partial charge >= 0.3 is 0 Å². The van der Waals surface area contributed by atoms with E-state index in [4.69, 9.17) is 10.8 Å². The Morgan fingerprint density at radius 2 is 2.07 bits per heavy atom. The largest absolute Gasteiger partial charge is 0.398 e. The molecular weight excluding hydrogens is 188 g/mol. The molecule has 0 heterocycles. The van der Waals surface area contributed by atoms with E-state index in [1.165, 1.54) is 18.2 Å². The van der Waals surface area contributed by atoms with Gasteiger partial charge in [0.05, 0.1) is 0 Å². The van der Waals surface area contributed by atoms with Crippen LogP contribution >= 0.6 is 0 Å². The number of hydrogen-bond acceptors (Lipinski definition) is 2. The minimum absolute atomic E-state index is 0.0263. The molecule has 0 radical (unpaired) electrons. The molecule has 0 saturated carbocycles. The minimum Gasteiger partial charge on any atom is -0.398 e. The van der Waals surface area contributed by atoms with Gasteiger partial charge in [0, 0.05) is 17.9 Å². The summed E-state index contributed by atoms with van der Waals surface area (Å²) in [6.45, 7) is -0.0344. The Hall–Kier alpha value is -1.42. The number of aliphatic hydroxyl groups is 1. The molecule has 4 heteroatoms. The quantitative estimate of drug-likeness (QED) is 0.731. The van der Waals surface area contributed by atoms with Crippen molar-refractivity contribution < 1.29 is 13.9 Å². The smallest absolute Gasteiger partial charge is 0.168 e. The molecule has 0 aliphatic heterocycles. The van der Waals surface area contributed by atoms with Crippen LogP contribution < -0.4 is 5.73 Å². The van der Waals surface area contributed by atoms with E-state index in [1.54, 1.807) is 0 Å². The molecule has 1 aromatic carbocycles. The van der Waals surface area contributed by atoms with Gasteiger partial charge in [-0.05, 0) is 18.6 Å². The van der Waals surface area contributed by atoms with Gasteiger partial charge in [-0.25, -0.2) is 8.78 Å². The number of nitrogen functional groups attached to an aromatic ring is 1. The fourth-order valence-electron chi connectivity index (χ4n) is 1.03. The normalized spacial score (nSPS) is 11.1. The zero-order valence-corrected chi connectivity index (χ0v) is 7.50. The third-order valence-electron chi connectivity index (χ3n) is 1.75. The molecular formula is C10H11F2NO. The Morgan fingerprint density at radius 1 is 1.36 bits per heavy atom. The number of rotatable bonds is 3. The van der Waals surface area contributed by atoms with Gasteiger partial charge in [-0.3, -0.25) is 0 Å². The highest BCUT2D eigenvalue weighted by atomic mass is 19.2. The average Bonchev–Trinajstić information content (AvgIpc) is 2.18. The molecule has 0 unspecified atom stereocenters. The number of hydrogen-bond donors (Lipinski definition) is 2. The fourth-order valence-corrected chi connectivity index (χ4v) is 1.03. The van der Waals surface area contributed by atoms with Crippen LogP contribution in [0.15, 0.2) is 18.2 Å².